The fourth-order valence-electron chi connectivity index (χ4n) is 3.66. The summed E-state index contributed by atoms with van der Waals surface area (Å²) >= 11 is 0. The van der Waals surface area contributed by atoms with Crippen LogP contribution in [0.3, 0.4) is 0 Å². The number of anilines is 2. The molecule has 0 saturated carbocycles. The maximum absolute atomic E-state index is 13.5. The molecule has 132 valence electrons. The zero-order valence-corrected chi connectivity index (χ0v) is 15.0. The first-order chi connectivity index (χ1) is 12.0. The lowest BCUT2D eigenvalue weighted by Gasteiger charge is -2.23. The molecule has 25 heavy (non-hydrogen) atoms. The Morgan fingerprint density at radius 1 is 1.00 bits per heavy atom. The van der Waals surface area contributed by atoms with Crippen LogP contribution in [-0.4, -0.2) is 28.1 Å². The molecule has 0 radical (unpaired) electrons. The van der Waals surface area contributed by atoms with Crippen molar-refractivity contribution in [1.29, 1.82) is 0 Å². The minimum atomic E-state index is -3.68. The minimum absolute atomic E-state index is 0.144. The molecule has 0 N–H and O–H groups in total. The summed E-state index contributed by atoms with van der Waals surface area (Å²) in [5.74, 6) is -0.392. The standard InChI is InChI=1S/C19H21FN2O2S/c1-14-12-17(6-7-18(14)20)25(23,24)22-11-8-15-4-5-16(13-19(15)22)21-9-2-3-10-21/h4-7,12-13H,2-3,8-11H2,1H3. The first-order valence-electron chi connectivity index (χ1n) is 8.63. The van der Waals surface area contributed by atoms with Gasteiger partial charge in [-0.25, -0.2) is 12.8 Å². The van der Waals surface area contributed by atoms with E-state index in [4.69, 9.17) is 0 Å². The van der Waals surface area contributed by atoms with Crippen molar-refractivity contribution in [3.63, 3.8) is 0 Å². The van der Waals surface area contributed by atoms with Crippen molar-refractivity contribution in [3.8, 4) is 0 Å². The molecule has 0 spiro atoms. The van der Waals surface area contributed by atoms with Crippen LogP contribution >= 0.6 is 0 Å². The number of nitrogens with zero attached hydrogens (tertiary/aromatic N) is 2. The smallest absolute Gasteiger partial charge is 0.264 e. The maximum atomic E-state index is 13.5. The zero-order valence-electron chi connectivity index (χ0n) is 14.2. The lowest BCUT2D eigenvalue weighted by molar-refractivity contribution is 0.590. The van der Waals surface area contributed by atoms with Crippen LogP contribution in [0.1, 0.15) is 24.0 Å². The van der Waals surface area contributed by atoms with Gasteiger partial charge in [-0.3, -0.25) is 4.31 Å². The zero-order chi connectivity index (χ0) is 17.6. The van der Waals surface area contributed by atoms with Crippen molar-refractivity contribution < 1.29 is 12.8 Å². The molecule has 6 heteroatoms. The quantitative estimate of drug-likeness (QED) is 0.841. The summed E-state index contributed by atoms with van der Waals surface area (Å²) in [6.07, 6.45) is 3.05. The van der Waals surface area contributed by atoms with Crippen molar-refractivity contribution in [2.45, 2.75) is 31.1 Å². The first-order valence-corrected chi connectivity index (χ1v) is 10.1. The van der Waals surface area contributed by atoms with E-state index >= 15 is 0 Å². The average Bonchev–Trinajstić information content (AvgIpc) is 3.25. The normalized spacial score (nSPS) is 17.2. The highest BCUT2D eigenvalue weighted by atomic mass is 32.2. The predicted octanol–water partition coefficient (Wildman–Crippen LogP) is 3.49. The van der Waals surface area contributed by atoms with Gasteiger partial charge in [-0.15, -0.1) is 0 Å². The van der Waals surface area contributed by atoms with Gasteiger partial charge in [0.05, 0.1) is 10.6 Å². The number of sulfonamides is 1. The molecule has 2 aromatic rings. The lowest BCUT2D eigenvalue weighted by Crippen LogP contribution is -2.29. The Hall–Kier alpha value is -2.08. The molecule has 0 bridgehead atoms. The van der Waals surface area contributed by atoms with E-state index in [1.165, 1.54) is 35.3 Å². The van der Waals surface area contributed by atoms with Crippen molar-refractivity contribution >= 4 is 21.4 Å². The molecule has 1 fully saturated rings. The summed E-state index contributed by atoms with van der Waals surface area (Å²) in [6, 6.07) is 10.1. The van der Waals surface area contributed by atoms with Crippen molar-refractivity contribution in [3.05, 3.63) is 53.3 Å². The van der Waals surface area contributed by atoms with E-state index < -0.39 is 15.8 Å². The van der Waals surface area contributed by atoms with Gasteiger partial charge in [-0.2, -0.15) is 0 Å². The second-order valence-electron chi connectivity index (χ2n) is 6.75. The summed E-state index contributed by atoms with van der Waals surface area (Å²) in [5, 5.41) is 0. The first kappa shape index (κ1) is 16.4. The molecule has 0 unspecified atom stereocenters. The van der Waals surface area contributed by atoms with Gasteiger partial charge >= 0.3 is 0 Å². The van der Waals surface area contributed by atoms with E-state index in [-0.39, 0.29) is 4.90 Å². The summed E-state index contributed by atoms with van der Waals surface area (Å²) in [5.41, 5.74) is 3.22. The number of halogens is 1. The van der Waals surface area contributed by atoms with Gasteiger partial charge < -0.3 is 4.90 Å². The molecule has 4 nitrogen and oxygen atoms in total. The number of fused-ring (bicyclic) bond motifs is 1. The summed E-state index contributed by atoms with van der Waals surface area (Å²) in [6.45, 7) is 4.04. The topological polar surface area (TPSA) is 40.6 Å². The van der Waals surface area contributed by atoms with Gasteiger partial charge in [0.1, 0.15) is 5.82 Å². The van der Waals surface area contributed by atoms with Gasteiger partial charge in [-0.1, -0.05) is 6.07 Å². The highest BCUT2D eigenvalue weighted by molar-refractivity contribution is 7.92. The molecule has 0 aromatic heterocycles. The third-order valence-corrected chi connectivity index (χ3v) is 6.92. The van der Waals surface area contributed by atoms with Gasteiger partial charge in [0.25, 0.3) is 10.0 Å². The number of rotatable bonds is 3. The monoisotopic (exact) mass is 360 g/mol. The minimum Gasteiger partial charge on any atom is -0.371 e. The molecule has 0 aliphatic carbocycles. The van der Waals surface area contributed by atoms with Gasteiger partial charge in [-0.05, 0) is 67.6 Å². The molecule has 2 aliphatic heterocycles. The Bertz CT molecular complexity index is 921. The largest absolute Gasteiger partial charge is 0.371 e. The van der Waals surface area contributed by atoms with Gasteiger partial charge in [0, 0.05) is 25.3 Å². The third-order valence-electron chi connectivity index (χ3n) is 5.11. The van der Waals surface area contributed by atoms with Crippen molar-refractivity contribution in [2.24, 2.45) is 0 Å². The van der Waals surface area contributed by atoms with Crippen LogP contribution in [0.5, 0.6) is 0 Å². The molecule has 2 aromatic carbocycles. The maximum Gasteiger partial charge on any atom is 0.264 e. The van der Waals surface area contributed by atoms with Crippen LogP contribution in [0.15, 0.2) is 41.3 Å². The Morgan fingerprint density at radius 2 is 1.76 bits per heavy atom. The average molecular weight is 360 g/mol. The highest BCUT2D eigenvalue weighted by Gasteiger charge is 2.32. The Balaban J connectivity index is 1.73. The second-order valence-corrected chi connectivity index (χ2v) is 8.61. The SMILES string of the molecule is Cc1cc(S(=O)(=O)N2CCc3ccc(N4CCCC4)cc32)ccc1F. The van der Waals surface area contributed by atoms with E-state index in [0.717, 1.165) is 30.0 Å². The summed E-state index contributed by atoms with van der Waals surface area (Å²) in [7, 11) is -3.68. The summed E-state index contributed by atoms with van der Waals surface area (Å²) in [4.78, 5) is 2.44. The van der Waals surface area contributed by atoms with Crippen LogP contribution in [0.25, 0.3) is 0 Å². The third kappa shape index (κ3) is 2.78. The Morgan fingerprint density at radius 3 is 2.48 bits per heavy atom. The molecule has 4 rings (SSSR count). The molecule has 0 atom stereocenters. The van der Waals surface area contributed by atoms with Crippen molar-refractivity contribution in [1.82, 2.24) is 0 Å². The molecular formula is C19H21FN2O2S. The number of benzene rings is 2. The van der Waals surface area contributed by atoms with E-state index in [9.17, 15) is 12.8 Å². The number of hydrogen-bond donors (Lipinski definition) is 0. The molecule has 0 amide bonds. The van der Waals surface area contributed by atoms with Crippen LogP contribution in [0.4, 0.5) is 15.8 Å². The second kappa shape index (κ2) is 6.02. The molecule has 2 aliphatic rings. The van der Waals surface area contributed by atoms with Gasteiger partial charge in [0.2, 0.25) is 0 Å². The van der Waals surface area contributed by atoms with E-state index in [1.54, 1.807) is 6.92 Å². The fraction of sp³-hybridized carbons (Fsp3) is 0.368. The van der Waals surface area contributed by atoms with E-state index in [1.807, 2.05) is 12.1 Å². The molecule has 2 heterocycles. The number of hydrogen-bond acceptors (Lipinski definition) is 3. The van der Waals surface area contributed by atoms with E-state index in [2.05, 4.69) is 11.0 Å². The highest BCUT2D eigenvalue weighted by Crippen LogP contribution is 2.36. The lowest BCUT2D eigenvalue weighted by atomic mass is 10.1. The fourth-order valence-corrected chi connectivity index (χ4v) is 5.25. The van der Waals surface area contributed by atoms with Crippen LogP contribution < -0.4 is 9.21 Å². The van der Waals surface area contributed by atoms with Crippen LogP contribution in [-0.2, 0) is 16.4 Å². The van der Waals surface area contributed by atoms with E-state index in [0.29, 0.717) is 18.5 Å². The van der Waals surface area contributed by atoms with Gasteiger partial charge in [0.15, 0.2) is 0 Å². The number of aryl methyl sites for hydroxylation is 1. The molecule has 1 saturated heterocycles. The summed E-state index contributed by atoms with van der Waals surface area (Å²) < 4.78 is 41.1. The van der Waals surface area contributed by atoms with Crippen LogP contribution in [0, 0.1) is 12.7 Å². The molecular weight excluding hydrogens is 339 g/mol. The van der Waals surface area contributed by atoms with Crippen LogP contribution in [0.2, 0.25) is 0 Å². The Kier molecular flexibility index (Phi) is 3.95. The Labute approximate surface area is 147 Å². The predicted molar refractivity (Wildman–Crippen MR) is 97.3 cm³/mol. The van der Waals surface area contributed by atoms with Crippen molar-refractivity contribution in [2.75, 3.05) is 28.8 Å².